The molecule has 1 heterocycles. The van der Waals surface area contributed by atoms with Crippen LogP contribution in [0.15, 0.2) is 18.2 Å². The quantitative estimate of drug-likeness (QED) is 0.576. The van der Waals surface area contributed by atoms with Gasteiger partial charge in [0.15, 0.2) is 0 Å². The smallest absolute Gasteiger partial charge is 0.294 e. The highest BCUT2D eigenvalue weighted by atomic mass is 35.5. The molecule has 4 nitrogen and oxygen atoms in total. The Bertz CT molecular complexity index is 389. The van der Waals surface area contributed by atoms with Crippen molar-refractivity contribution in [3.63, 3.8) is 0 Å². The van der Waals surface area contributed by atoms with Crippen LogP contribution in [0, 0.1) is 10.1 Å². The number of nitrogens with zero attached hydrogens (tertiary/aromatic N) is 2. The van der Waals surface area contributed by atoms with Crippen LogP contribution in [0.5, 0.6) is 0 Å². The molecular formula is C10H11ClN2O2. The van der Waals surface area contributed by atoms with Crippen molar-refractivity contribution >= 4 is 23.0 Å². The SMILES string of the molecule is O=[N+]([O-])c1cccc(Cl)c1N1CCCC1. The highest BCUT2D eigenvalue weighted by molar-refractivity contribution is 6.33. The molecule has 0 amide bonds. The molecule has 0 radical (unpaired) electrons. The number of benzene rings is 1. The van der Waals surface area contributed by atoms with Crippen molar-refractivity contribution in [3.8, 4) is 0 Å². The Labute approximate surface area is 92.6 Å². The van der Waals surface area contributed by atoms with E-state index in [9.17, 15) is 10.1 Å². The van der Waals surface area contributed by atoms with Gasteiger partial charge in [-0.25, -0.2) is 0 Å². The van der Waals surface area contributed by atoms with E-state index in [-0.39, 0.29) is 10.6 Å². The number of rotatable bonds is 2. The summed E-state index contributed by atoms with van der Waals surface area (Å²) in [4.78, 5) is 12.5. The normalized spacial score (nSPS) is 15.7. The molecule has 0 saturated carbocycles. The molecule has 5 heteroatoms. The maximum absolute atomic E-state index is 10.9. The molecule has 1 fully saturated rings. The van der Waals surface area contributed by atoms with Gasteiger partial charge in [-0.3, -0.25) is 10.1 Å². The van der Waals surface area contributed by atoms with Crippen LogP contribution < -0.4 is 4.90 Å². The van der Waals surface area contributed by atoms with E-state index in [1.54, 1.807) is 12.1 Å². The number of para-hydroxylation sites is 1. The fourth-order valence-corrected chi connectivity index (χ4v) is 2.19. The molecule has 1 saturated heterocycles. The van der Waals surface area contributed by atoms with Crippen molar-refractivity contribution in [2.24, 2.45) is 0 Å². The number of hydrogen-bond acceptors (Lipinski definition) is 3. The zero-order chi connectivity index (χ0) is 10.8. The van der Waals surface area contributed by atoms with Gasteiger partial charge in [-0.05, 0) is 18.9 Å². The second-order valence-electron chi connectivity index (χ2n) is 3.56. The Balaban J connectivity index is 2.46. The van der Waals surface area contributed by atoms with Crippen molar-refractivity contribution in [3.05, 3.63) is 33.3 Å². The third-order valence-electron chi connectivity index (χ3n) is 2.58. The molecule has 1 aromatic rings. The first-order valence-electron chi connectivity index (χ1n) is 4.88. The van der Waals surface area contributed by atoms with Crippen LogP contribution in [-0.2, 0) is 0 Å². The fraction of sp³-hybridized carbons (Fsp3) is 0.400. The lowest BCUT2D eigenvalue weighted by Gasteiger charge is -2.18. The maximum atomic E-state index is 10.9. The van der Waals surface area contributed by atoms with Gasteiger partial charge in [0.2, 0.25) is 0 Å². The highest BCUT2D eigenvalue weighted by Gasteiger charge is 2.24. The number of anilines is 1. The fourth-order valence-electron chi connectivity index (χ4n) is 1.91. The third-order valence-corrected chi connectivity index (χ3v) is 2.89. The molecule has 0 atom stereocenters. The van der Waals surface area contributed by atoms with Crippen LogP contribution >= 0.6 is 11.6 Å². The largest absolute Gasteiger partial charge is 0.365 e. The van der Waals surface area contributed by atoms with Crippen LogP contribution in [-0.4, -0.2) is 18.0 Å². The van der Waals surface area contributed by atoms with E-state index >= 15 is 0 Å². The lowest BCUT2D eigenvalue weighted by atomic mass is 10.2. The van der Waals surface area contributed by atoms with Crippen molar-refractivity contribution in [1.82, 2.24) is 0 Å². The summed E-state index contributed by atoms with van der Waals surface area (Å²) >= 11 is 6.01. The number of nitro groups is 1. The van der Waals surface area contributed by atoms with Gasteiger partial charge in [0.25, 0.3) is 5.69 Å². The molecule has 0 spiro atoms. The summed E-state index contributed by atoms with van der Waals surface area (Å²) in [6.45, 7) is 1.70. The van der Waals surface area contributed by atoms with Crippen molar-refractivity contribution in [1.29, 1.82) is 0 Å². The average molecular weight is 227 g/mol. The Kier molecular flexibility index (Phi) is 2.77. The molecule has 80 valence electrons. The van der Waals surface area contributed by atoms with E-state index in [4.69, 9.17) is 11.6 Å². The summed E-state index contributed by atoms with van der Waals surface area (Å²) in [5.41, 5.74) is 0.672. The predicted molar refractivity (Wildman–Crippen MR) is 59.6 cm³/mol. The van der Waals surface area contributed by atoms with E-state index in [2.05, 4.69) is 0 Å². The molecular weight excluding hydrogens is 216 g/mol. The number of halogens is 1. The standard InChI is InChI=1S/C10H11ClN2O2/c11-8-4-3-5-9(13(14)15)10(8)12-6-1-2-7-12/h3-5H,1-2,6-7H2. The Morgan fingerprint density at radius 1 is 1.33 bits per heavy atom. The summed E-state index contributed by atoms with van der Waals surface area (Å²) in [6, 6.07) is 4.81. The lowest BCUT2D eigenvalue weighted by Crippen LogP contribution is -2.19. The first-order chi connectivity index (χ1) is 7.20. The molecule has 1 aromatic carbocycles. The lowest BCUT2D eigenvalue weighted by molar-refractivity contribution is -0.384. The van der Waals surface area contributed by atoms with Crippen LogP contribution in [0.1, 0.15) is 12.8 Å². The van der Waals surface area contributed by atoms with Gasteiger partial charge in [0.1, 0.15) is 5.69 Å². The Morgan fingerprint density at radius 3 is 2.60 bits per heavy atom. The molecule has 0 aromatic heterocycles. The van der Waals surface area contributed by atoms with Crippen LogP contribution in [0.2, 0.25) is 5.02 Å². The minimum Gasteiger partial charge on any atom is -0.365 e. The van der Waals surface area contributed by atoms with Gasteiger partial charge in [0, 0.05) is 19.2 Å². The van der Waals surface area contributed by atoms with Gasteiger partial charge in [-0.15, -0.1) is 0 Å². The second kappa shape index (κ2) is 4.06. The zero-order valence-corrected chi connectivity index (χ0v) is 8.91. The van der Waals surface area contributed by atoms with Gasteiger partial charge in [-0.1, -0.05) is 17.7 Å². The molecule has 0 unspecified atom stereocenters. The van der Waals surface area contributed by atoms with E-state index in [0.29, 0.717) is 10.7 Å². The van der Waals surface area contributed by atoms with Gasteiger partial charge < -0.3 is 4.90 Å². The first-order valence-corrected chi connectivity index (χ1v) is 5.26. The van der Waals surface area contributed by atoms with E-state index in [0.717, 1.165) is 25.9 Å². The molecule has 15 heavy (non-hydrogen) atoms. The molecule has 1 aliphatic rings. The molecule has 1 aliphatic heterocycles. The van der Waals surface area contributed by atoms with Gasteiger partial charge in [-0.2, -0.15) is 0 Å². The second-order valence-corrected chi connectivity index (χ2v) is 3.97. The van der Waals surface area contributed by atoms with E-state index in [1.807, 2.05) is 4.90 Å². The summed E-state index contributed by atoms with van der Waals surface area (Å²) < 4.78 is 0. The molecule has 2 rings (SSSR count). The van der Waals surface area contributed by atoms with Gasteiger partial charge in [0.05, 0.1) is 9.95 Å². The van der Waals surface area contributed by atoms with Crippen molar-refractivity contribution in [2.45, 2.75) is 12.8 Å². The maximum Gasteiger partial charge on any atom is 0.294 e. The average Bonchev–Trinajstić information content (AvgIpc) is 2.70. The third kappa shape index (κ3) is 1.90. The summed E-state index contributed by atoms with van der Waals surface area (Å²) in [6.07, 6.45) is 2.14. The minimum absolute atomic E-state index is 0.101. The number of nitro benzene ring substituents is 1. The summed E-state index contributed by atoms with van der Waals surface area (Å²) in [7, 11) is 0. The van der Waals surface area contributed by atoms with E-state index in [1.165, 1.54) is 6.07 Å². The molecule has 0 bridgehead atoms. The Morgan fingerprint density at radius 2 is 2.00 bits per heavy atom. The van der Waals surface area contributed by atoms with Crippen molar-refractivity contribution in [2.75, 3.05) is 18.0 Å². The van der Waals surface area contributed by atoms with Crippen LogP contribution in [0.4, 0.5) is 11.4 Å². The van der Waals surface area contributed by atoms with Crippen LogP contribution in [0.3, 0.4) is 0 Å². The topological polar surface area (TPSA) is 46.4 Å². The first kappa shape index (κ1) is 10.2. The van der Waals surface area contributed by atoms with Crippen LogP contribution in [0.25, 0.3) is 0 Å². The van der Waals surface area contributed by atoms with E-state index < -0.39 is 0 Å². The number of hydrogen-bond donors (Lipinski definition) is 0. The van der Waals surface area contributed by atoms with Gasteiger partial charge >= 0.3 is 0 Å². The highest BCUT2D eigenvalue weighted by Crippen LogP contribution is 2.36. The Hall–Kier alpha value is -1.29. The molecule has 0 aliphatic carbocycles. The summed E-state index contributed by atoms with van der Waals surface area (Å²) in [5.74, 6) is 0. The van der Waals surface area contributed by atoms with Crippen molar-refractivity contribution < 1.29 is 4.92 Å². The minimum atomic E-state index is -0.375. The molecule has 0 N–H and O–H groups in total. The zero-order valence-electron chi connectivity index (χ0n) is 8.15. The summed E-state index contributed by atoms with van der Waals surface area (Å²) in [5, 5.41) is 11.3. The predicted octanol–water partition coefficient (Wildman–Crippen LogP) is 2.85. The monoisotopic (exact) mass is 226 g/mol.